The van der Waals surface area contributed by atoms with Crippen LogP contribution in [0.15, 0.2) is 36.1 Å². The van der Waals surface area contributed by atoms with Crippen molar-refractivity contribution in [2.45, 2.75) is 32.6 Å². The Morgan fingerprint density at radius 1 is 1.22 bits per heavy atom. The molecule has 1 fully saturated rings. The van der Waals surface area contributed by atoms with Crippen molar-refractivity contribution < 1.29 is 9.53 Å². The van der Waals surface area contributed by atoms with Crippen molar-refractivity contribution in [3.8, 4) is 5.75 Å². The number of carbonyl (C=O) groups excluding carboxylic acids is 1. The van der Waals surface area contributed by atoms with E-state index in [1.54, 1.807) is 0 Å². The Kier molecular flexibility index (Phi) is 2.94. The standard InChI is InChI=1S/C16H18O2/c1-11-6-2-3-7-12(11)10-15-16(17)13-8-4-5-9-14(13)18-15/h4-5,8-12H,2-3,6-7H2,1H3/b15-10-/t11-,12?/m1/s1. The molecule has 0 bridgehead atoms. The Morgan fingerprint density at radius 3 is 2.78 bits per heavy atom. The lowest BCUT2D eigenvalue weighted by Gasteiger charge is -2.26. The van der Waals surface area contributed by atoms with Crippen molar-refractivity contribution in [1.29, 1.82) is 0 Å². The van der Waals surface area contributed by atoms with Crippen LogP contribution in [0.25, 0.3) is 0 Å². The molecule has 2 heteroatoms. The maximum atomic E-state index is 12.2. The normalized spacial score (nSPS) is 29.2. The average molecular weight is 242 g/mol. The van der Waals surface area contributed by atoms with E-state index in [1.165, 1.54) is 25.7 Å². The number of benzene rings is 1. The lowest BCUT2D eigenvalue weighted by Crippen LogP contribution is -2.16. The number of ether oxygens (including phenoxy) is 1. The molecule has 1 heterocycles. The summed E-state index contributed by atoms with van der Waals surface area (Å²) in [7, 11) is 0. The lowest BCUT2D eigenvalue weighted by atomic mass is 9.80. The van der Waals surface area contributed by atoms with E-state index in [4.69, 9.17) is 4.74 Å². The molecular formula is C16H18O2. The maximum Gasteiger partial charge on any atom is 0.231 e. The highest BCUT2D eigenvalue weighted by atomic mass is 16.5. The Labute approximate surface area is 108 Å². The van der Waals surface area contributed by atoms with Crippen LogP contribution < -0.4 is 4.74 Å². The number of para-hydroxylation sites is 1. The van der Waals surface area contributed by atoms with Gasteiger partial charge in [-0.3, -0.25) is 4.79 Å². The second-order valence-corrected chi connectivity index (χ2v) is 5.38. The number of ketones is 1. The summed E-state index contributed by atoms with van der Waals surface area (Å²) in [5.74, 6) is 2.44. The molecule has 2 aliphatic rings. The molecule has 2 atom stereocenters. The summed E-state index contributed by atoms with van der Waals surface area (Å²) in [6.45, 7) is 2.27. The van der Waals surface area contributed by atoms with Gasteiger partial charge in [-0.1, -0.05) is 38.3 Å². The molecule has 18 heavy (non-hydrogen) atoms. The fourth-order valence-corrected chi connectivity index (χ4v) is 2.94. The minimum Gasteiger partial charge on any atom is -0.453 e. The van der Waals surface area contributed by atoms with Gasteiger partial charge in [0.05, 0.1) is 5.56 Å². The zero-order chi connectivity index (χ0) is 12.5. The molecule has 1 aromatic carbocycles. The van der Waals surface area contributed by atoms with Gasteiger partial charge in [-0.25, -0.2) is 0 Å². The van der Waals surface area contributed by atoms with Gasteiger partial charge in [0, 0.05) is 0 Å². The predicted molar refractivity (Wildman–Crippen MR) is 70.6 cm³/mol. The number of Topliss-reactive ketones (excluding diaryl/α,β-unsaturated/α-hetero) is 1. The first-order valence-electron chi connectivity index (χ1n) is 6.79. The summed E-state index contributed by atoms with van der Waals surface area (Å²) >= 11 is 0. The molecule has 2 nitrogen and oxygen atoms in total. The van der Waals surface area contributed by atoms with E-state index >= 15 is 0 Å². The van der Waals surface area contributed by atoms with Crippen LogP contribution in [0.5, 0.6) is 5.75 Å². The monoisotopic (exact) mass is 242 g/mol. The molecule has 1 saturated carbocycles. The van der Waals surface area contributed by atoms with E-state index in [0.717, 1.165) is 0 Å². The van der Waals surface area contributed by atoms with Crippen LogP contribution in [0.1, 0.15) is 43.0 Å². The first kappa shape index (κ1) is 11.5. The maximum absolute atomic E-state index is 12.2. The molecule has 0 amide bonds. The van der Waals surface area contributed by atoms with Crippen LogP contribution in [0, 0.1) is 11.8 Å². The van der Waals surface area contributed by atoms with E-state index in [0.29, 0.717) is 28.9 Å². The first-order valence-corrected chi connectivity index (χ1v) is 6.79. The van der Waals surface area contributed by atoms with E-state index in [2.05, 4.69) is 13.0 Å². The number of hydrogen-bond donors (Lipinski definition) is 0. The van der Waals surface area contributed by atoms with Crippen LogP contribution in [0.3, 0.4) is 0 Å². The number of allylic oxidation sites excluding steroid dienone is 2. The smallest absolute Gasteiger partial charge is 0.231 e. The van der Waals surface area contributed by atoms with Gasteiger partial charge in [0.25, 0.3) is 0 Å². The molecule has 1 aliphatic carbocycles. The van der Waals surface area contributed by atoms with Crippen LogP contribution in [0.4, 0.5) is 0 Å². The highest BCUT2D eigenvalue weighted by Crippen LogP contribution is 2.35. The van der Waals surface area contributed by atoms with Crippen molar-refractivity contribution in [3.05, 3.63) is 41.7 Å². The van der Waals surface area contributed by atoms with E-state index in [1.807, 2.05) is 24.3 Å². The fraction of sp³-hybridized carbons (Fsp3) is 0.438. The minimum atomic E-state index is 0.0448. The Morgan fingerprint density at radius 2 is 2.00 bits per heavy atom. The second kappa shape index (κ2) is 4.60. The summed E-state index contributed by atoms with van der Waals surface area (Å²) in [6.07, 6.45) is 7.08. The molecule has 3 rings (SSSR count). The summed E-state index contributed by atoms with van der Waals surface area (Å²) in [6, 6.07) is 7.48. The lowest BCUT2D eigenvalue weighted by molar-refractivity contribution is 0.101. The third-order valence-electron chi connectivity index (χ3n) is 4.12. The molecule has 0 spiro atoms. The van der Waals surface area contributed by atoms with Crippen molar-refractivity contribution in [2.24, 2.45) is 11.8 Å². The molecule has 1 aliphatic heterocycles. The molecule has 1 unspecified atom stereocenters. The summed E-state index contributed by atoms with van der Waals surface area (Å²) in [5.41, 5.74) is 0.701. The van der Waals surface area contributed by atoms with Crippen LogP contribution >= 0.6 is 0 Å². The Hall–Kier alpha value is -1.57. The Bertz CT molecular complexity index is 502. The quantitative estimate of drug-likeness (QED) is 0.696. The number of carbonyl (C=O) groups is 1. The Balaban J connectivity index is 1.85. The third-order valence-corrected chi connectivity index (χ3v) is 4.12. The molecule has 0 N–H and O–H groups in total. The zero-order valence-electron chi connectivity index (χ0n) is 10.7. The molecule has 0 saturated heterocycles. The van der Waals surface area contributed by atoms with Gasteiger partial charge in [-0.2, -0.15) is 0 Å². The highest BCUT2D eigenvalue weighted by molar-refractivity contribution is 6.12. The van der Waals surface area contributed by atoms with Crippen LogP contribution in [-0.4, -0.2) is 5.78 Å². The second-order valence-electron chi connectivity index (χ2n) is 5.38. The van der Waals surface area contributed by atoms with Crippen molar-refractivity contribution in [3.63, 3.8) is 0 Å². The minimum absolute atomic E-state index is 0.0448. The molecule has 1 aromatic rings. The van der Waals surface area contributed by atoms with Gasteiger partial charge in [-0.15, -0.1) is 0 Å². The summed E-state index contributed by atoms with van der Waals surface area (Å²) < 4.78 is 5.68. The van der Waals surface area contributed by atoms with E-state index in [9.17, 15) is 4.79 Å². The van der Waals surface area contributed by atoms with Gasteiger partial charge >= 0.3 is 0 Å². The third kappa shape index (κ3) is 1.96. The first-order chi connectivity index (χ1) is 8.75. The van der Waals surface area contributed by atoms with Gasteiger partial charge in [0.2, 0.25) is 5.78 Å². The molecule has 0 aromatic heterocycles. The van der Waals surface area contributed by atoms with Gasteiger partial charge < -0.3 is 4.74 Å². The van der Waals surface area contributed by atoms with E-state index in [-0.39, 0.29) is 5.78 Å². The van der Waals surface area contributed by atoms with E-state index < -0.39 is 0 Å². The number of fused-ring (bicyclic) bond motifs is 1. The fourth-order valence-electron chi connectivity index (χ4n) is 2.94. The van der Waals surface area contributed by atoms with Crippen molar-refractivity contribution in [2.75, 3.05) is 0 Å². The zero-order valence-corrected chi connectivity index (χ0v) is 10.7. The van der Waals surface area contributed by atoms with Crippen molar-refractivity contribution >= 4 is 5.78 Å². The average Bonchev–Trinajstić information content (AvgIpc) is 2.70. The number of rotatable bonds is 1. The van der Waals surface area contributed by atoms with Gasteiger partial charge in [0.1, 0.15) is 5.75 Å². The summed E-state index contributed by atoms with van der Waals surface area (Å²) in [5, 5.41) is 0. The topological polar surface area (TPSA) is 26.3 Å². The molecule has 0 radical (unpaired) electrons. The van der Waals surface area contributed by atoms with Crippen LogP contribution in [0.2, 0.25) is 0 Å². The largest absolute Gasteiger partial charge is 0.453 e. The predicted octanol–water partition coefficient (Wildman–Crippen LogP) is 3.97. The summed E-state index contributed by atoms with van der Waals surface area (Å²) in [4.78, 5) is 12.2. The van der Waals surface area contributed by atoms with Gasteiger partial charge in [0.15, 0.2) is 5.76 Å². The highest BCUT2D eigenvalue weighted by Gasteiger charge is 2.29. The van der Waals surface area contributed by atoms with Gasteiger partial charge in [-0.05, 0) is 36.5 Å². The number of hydrogen-bond acceptors (Lipinski definition) is 2. The molecule has 94 valence electrons. The van der Waals surface area contributed by atoms with Crippen LogP contribution in [-0.2, 0) is 0 Å². The molecular weight excluding hydrogens is 224 g/mol. The van der Waals surface area contributed by atoms with Crippen molar-refractivity contribution in [1.82, 2.24) is 0 Å². The SMILES string of the molecule is C[C@@H]1CCCCC1/C=C1\Oc2ccccc2C1=O.